The number of unbranched alkanes of at least 4 members (excludes halogenated alkanes) is 2. The molecule has 0 aromatic carbocycles. The van der Waals surface area contributed by atoms with Crippen molar-refractivity contribution >= 4 is 0 Å². The molecule has 0 bridgehead atoms. The van der Waals surface area contributed by atoms with Crippen molar-refractivity contribution in [3.05, 3.63) is 0 Å². The van der Waals surface area contributed by atoms with Gasteiger partial charge in [0.25, 0.3) is 0 Å². The van der Waals surface area contributed by atoms with E-state index in [0.717, 1.165) is 46.8 Å². The molecule has 0 spiro atoms. The molecule has 0 aromatic rings. The maximum atomic E-state index is 4.00. The van der Waals surface area contributed by atoms with Gasteiger partial charge in [-0.05, 0) is 98.2 Å². The monoisotopic (exact) mass is 372 g/mol. The van der Waals surface area contributed by atoms with Crippen LogP contribution >= 0.6 is 0 Å². The highest BCUT2D eigenvalue weighted by Crippen LogP contribution is 2.64. The molecule has 4 aliphatic carbocycles. The number of terminal acetylenes is 1. The van der Waals surface area contributed by atoms with E-state index in [2.05, 4.69) is 47.5 Å². The van der Waals surface area contributed by atoms with Crippen LogP contribution in [0.2, 0.25) is 0 Å². The van der Waals surface area contributed by atoms with Gasteiger partial charge in [-0.15, -0.1) is 12.8 Å². The molecule has 0 heterocycles. The van der Waals surface area contributed by atoms with Crippen molar-refractivity contribution in [2.45, 2.75) is 112 Å². The largest absolute Gasteiger partial charge is 0.124 e. The SMILES string of the molecule is C#C.CC1CCC2C(CCC3C2CCC2(C)C(C)CCC32)C1.CCCCC. The van der Waals surface area contributed by atoms with E-state index in [9.17, 15) is 0 Å². The van der Waals surface area contributed by atoms with Gasteiger partial charge in [0.15, 0.2) is 0 Å². The molecule has 0 aliphatic heterocycles. The summed E-state index contributed by atoms with van der Waals surface area (Å²) >= 11 is 0. The molecule has 0 nitrogen and oxygen atoms in total. The molecule has 156 valence electrons. The van der Waals surface area contributed by atoms with Crippen LogP contribution < -0.4 is 0 Å². The number of hydrogen-bond acceptors (Lipinski definition) is 0. The lowest BCUT2D eigenvalue weighted by molar-refractivity contribution is -0.0650. The van der Waals surface area contributed by atoms with E-state index in [4.69, 9.17) is 0 Å². The third-order valence-electron chi connectivity index (χ3n) is 9.40. The second-order valence-corrected chi connectivity index (χ2v) is 10.7. The van der Waals surface area contributed by atoms with Gasteiger partial charge < -0.3 is 0 Å². The standard InChI is InChI=1S/C20H34.C5H12.C2H2/c1-13-4-7-16-15(12-13)6-8-18-17(16)10-11-20(3)14(2)5-9-19(18)20;1-3-5-4-2;1-2/h13-19H,4-12H2,1-3H3;3-5H2,1-2H3;1-2H. The normalized spacial score (nSPS) is 45.1. The molecule has 0 saturated heterocycles. The smallest absolute Gasteiger partial charge is 0.0269 e. The first kappa shape index (κ1) is 22.8. The van der Waals surface area contributed by atoms with Crippen molar-refractivity contribution < 1.29 is 0 Å². The molecular weight excluding hydrogens is 324 g/mol. The van der Waals surface area contributed by atoms with E-state index in [-0.39, 0.29) is 0 Å². The summed E-state index contributed by atoms with van der Waals surface area (Å²) in [4.78, 5) is 0. The first-order valence-corrected chi connectivity index (χ1v) is 12.3. The number of hydrogen-bond donors (Lipinski definition) is 0. The van der Waals surface area contributed by atoms with E-state index in [1.807, 2.05) is 0 Å². The average Bonchev–Trinajstić information content (AvgIpc) is 2.99. The van der Waals surface area contributed by atoms with Gasteiger partial charge in [-0.2, -0.15) is 0 Å². The summed E-state index contributed by atoms with van der Waals surface area (Å²) in [5, 5.41) is 0. The topological polar surface area (TPSA) is 0 Å². The predicted molar refractivity (Wildman–Crippen MR) is 121 cm³/mol. The quantitative estimate of drug-likeness (QED) is 0.427. The summed E-state index contributed by atoms with van der Waals surface area (Å²) in [6.45, 7) is 12.1. The minimum atomic E-state index is 0.718. The second kappa shape index (κ2) is 10.4. The molecule has 4 fully saturated rings. The molecular formula is C27H48. The van der Waals surface area contributed by atoms with Gasteiger partial charge in [0.2, 0.25) is 0 Å². The molecule has 4 rings (SSSR count). The van der Waals surface area contributed by atoms with Gasteiger partial charge in [0.1, 0.15) is 0 Å². The third-order valence-corrected chi connectivity index (χ3v) is 9.40. The Morgan fingerprint density at radius 1 is 0.778 bits per heavy atom. The van der Waals surface area contributed by atoms with Crippen LogP contribution in [0.5, 0.6) is 0 Å². The zero-order chi connectivity index (χ0) is 20.0. The van der Waals surface area contributed by atoms with E-state index >= 15 is 0 Å². The van der Waals surface area contributed by atoms with Crippen molar-refractivity contribution in [2.24, 2.45) is 46.8 Å². The fraction of sp³-hybridized carbons (Fsp3) is 0.926. The van der Waals surface area contributed by atoms with Gasteiger partial charge in [0.05, 0.1) is 0 Å². The molecule has 8 atom stereocenters. The Hall–Kier alpha value is -0.440. The third kappa shape index (κ3) is 4.77. The molecule has 27 heavy (non-hydrogen) atoms. The zero-order valence-electron chi connectivity index (χ0n) is 19.2. The minimum Gasteiger partial charge on any atom is -0.124 e. The molecule has 0 N–H and O–H groups in total. The van der Waals surface area contributed by atoms with Crippen LogP contribution in [0, 0.1) is 59.7 Å². The lowest BCUT2D eigenvalue weighted by atomic mass is 9.49. The van der Waals surface area contributed by atoms with Crippen LogP contribution in [0.1, 0.15) is 112 Å². The van der Waals surface area contributed by atoms with E-state index in [1.165, 1.54) is 32.1 Å². The van der Waals surface area contributed by atoms with E-state index < -0.39 is 0 Å². The van der Waals surface area contributed by atoms with Gasteiger partial charge in [-0.1, -0.05) is 60.3 Å². The Morgan fingerprint density at radius 3 is 2.07 bits per heavy atom. The van der Waals surface area contributed by atoms with Crippen LogP contribution in [0.3, 0.4) is 0 Å². The Balaban J connectivity index is 0.000000327. The van der Waals surface area contributed by atoms with Crippen LogP contribution in [-0.2, 0) is 0 Å². The van der Waals surface area contributed by atoms with Crippen LogP contribution in [0.4, 0.5) is 0 Å². The molecule has 4 aliphatic rings. The van der Waals surface area contributed by atoms with Crippen LogP contribution in [0.25, 0.3) is 0 Å². The second-order valence-electron chi connectivity index (χ2n) is 10.7. The van der Waals surface area contributed by atoms with Gasteiger partial charge >= 0.3 is 0 Å². The molecule has 0 amide bonds. The molecule has 0 heteroatoms. The van der Waals surface area contributed by atoms with Crippen molar-refractivity contribution in [3.63, 3.8) is 0 Å². The fourth-order valence-electron chi connectivity index (χ4n) is 7.70. The Labute approximate surface area is 171 Å². The number of rotatable bonds is 2. The van der Waals surface area contributed by atoms with Crippen LogP contribution in [0.15, 0.2) is 0 Å². The Kier molecular flexibility index (Phi) is 8.77. The minimum absolute atomic E-state index is 0.718. The molecule has 4 saturated carbocycles. The summed E-state index contributed by atoms with van der Waals surface area (Å²) < 4.78 is 0. The van der Waals surface area contributed by atoms with Gasteiger partial charge in [0, 0.05) is 0 Å². The lowest BCUT2D eigenvalue weighted by Crippen LogP contribution is -2.48. The fourth-order valence-corrected chi connectivity index (χ4v) is 7.70. The summed E-state index contributed by atoms with van der Waals surface area (Å²) in [5.74, 6) is 7.61. The number of fused-ring (bicyclic) bond motifs is 5. The maximum absolute atomic E-state index is 4.00. The summed E-state index contributed by atoms with van der Waals surface area (Å²) in [6, 6.07) is 0. The van der Waals surface area contributed by atoms with E-state index in [1.54, 1.807) is 44.9 Å². The highest BCUT2D eigenvalue weighted by atomic mass is 14.6. The maximum Gasteiger partial charge on any atom is -0.0269 e. The van der Waals surface area contributed by atoms with E-state index in [0.29, 0.717) is 0 Å². The van der Waals surface area contributed by atoms with Crippen molar-refractivity contribution in [3.8, 4) is 12.8 Å². The zero-order valence-corrected chi connectivity index (χ0v) is 19.2. The first-order valence-electron chi connectivity index (χ1n) is 12.3. The van der Waals surface area contributed by atoms with Crippen molar-refractivity contribution in [1.29, 1.82) is 0 Å². The summed E-state index contributed by atoms with van der Waals surface area (Å²) in [5.41, 5.74) is 0.718. The summed E-state index contributed by atoms with van der Waals surface area (Å²) in [7, 11) is 0. The molecule has 0 aromatic heterocycles. The predicted octanol–water partition coefficient (Wildman–Crippen LogP) is 8.36. The molecule has 0 radical (unpaired) electrons. The van der Waals surface area contributed by atoms with Gasteiger partial charge in [-0.3, -0.25) is 0 Å². The highest BCUT2D eigenvalue weighted by Gasteiger charge is 2.55. The average molecular weight is 373 g/mol. The Morgan fingerprint density at radius 2 is 1.44 bits per heavy atom. The van der Waals surface area contributed by atoms with Crippen LogP contribution in [-0.4, -0.2) is 0 Å². The first-order chi connectivity index (χ1) is 13.0. The van der Waals surface area contributed by atoms with Crippen molar-refractivity contribution in [1.82, 2.24) is 0 Å². The Bertz CT molecular complexity index is 446. The molecule has 8 unspecified atom stereocenters. The lowest BCUT2D eigenvalue weighted by Gasteiger charge is -2.56. The van der Waals surface area contributed by atoms with Gasteiger partial charge in [-0.25, -0.2) is 0 Å². The summed E-state index contributed by atoms with van der Waals surface area (Å²) in [6.07, 6.45) is 26.1. The highest BCUT2D eigenvalue weighted by molar-refractivity contribution is 5.05. The van der Waals surface area contributed by atoms with Crippen molar-refractivity contribution in [2.75, 3.05) is 0 Å².